The molecule has 0 atom stereocenters. The van der Waals surface area contributed by atoms with Crippen LogP contribution in [0.2, 0.25) is 0 Å². The van der Waals surface area contributed by atoms with Crippen molar-refractivity contribution in [3.05, 3.63) is 58.3 Å². The summed E-state index contributed by atoms with van der Waals surface area (Å²) >= 11 is 0. The van der Waals surface area contributed by atoms with Gasteiger partial charge < -0.3 is 9.67 Å². The molecule has 1 aliphatic carbocycles. The van der Waals surface area contributed by atoms with E-state index in [0.717, 1.165) is 25.7 Å². The third-order valence-electron chi connectivity index (χ3n) is 4.18. The second-order valence-corrected chi connectivity index (χ2v) is 5.61. The van der Waals surface area contributed by atoms with Crippen LogP contribution in [0.25, 0.3) is 11.1 Å². The monoisotopic (exact) mass is 301 g/mol. The van der Waals surface area contributed by atoms with Crippen molar-refractivity contribution in [3.8, 4) is 11.1 Å². The maximum absolute atomic E-state index is 13.1. The van der Waals surface area contributed by atoms with Gasteiger partial charge in [-0.3, -0.25) is 4.79 Å². The van der Waals surface area contributed by atoms with Crippen molar-refractivity contribution < 1.29 is 14.3 Å². The Balaban J connectivity index is 2.17. The standard InChI is InChI=1S/C17H16FNO3/c18-12-7-5-11(6-8-12)14-9-19(13-3-1-2-4-13)10-15(16(14)20)17(21)22/h5-10,13H,1-4H2,(H,21,22). The van der Waals surface area contributed by atoms with Crippen LogP contribution >= 0.6 is 0 Å². The number of benzene rings is 1. The number of carboxylic acids is 1. The predicted octanol–water partition coefficient (Wildman–Crippen LogP) is 3.47. The molecule has 4 nitrogen and oxygen atoms in total. The Kier molecular flexibility index (Phi) is 3.79. The van der Waals surface area contributed by atoms with Crippen LogP contribution in [0.4, 0.5) is 4.39 Å². The first kappa shape index (κ1) is 14.5. The molecular formula is C17H16FNO3. The number of carboxylic acid groups (broad SMARTS) is 1. The van der Waals surface area contributed by atoms with Gasteiger partial charge in [0, 0.05) is 24.0 Å². The molecule has 0 bridgehead atoms. The molecule has 114 valence electrons. The Morgan fingerprint density at radius 3 is 2.36 bits per heavy atom. The molecule has 1 heterocycles. The molecule has 3 rings (SSSR count). The Bertz CT molecular complexity index is 758. The number of hydrogen-bond donors (Lipinski definition) is 1. The lowest BCUT2D eigenvalue weighted by Crippen LogP contribution is -2.21. The summed E-state index contributed by atoms with van der Waals surface area (Å²) in [5.74, 6) is -1.63. The summed E-state index contributed by atoms with van der Waals surface area (Å²) in [5, 5.41) is 9.28. The van der Waals surface area contributed by atoms with E-state index in [1.807, 2.05) is 4.57 Å². The van der Waals surface area contributed by atoms with Crippen molar-refractivity contribution in [1.82, 2.24) is 4.57 Å². The second-order valence-electron chi connectivity index (χ2n) is 5.61. The van der Waals surface area contributed by atoms with Crippen LogP contribution in [0.15, 0.2) is 41.5 Å². The maximum atomic E-state index is 13.1. The minimum absolute atomic E-state index is 0.220. The lowest BCUT2D eigenvalue weighted by molar-refractivity contribution is 0.0694. The van der Waals surface area contributed by atoms with E-state index < -0.39 is 17.2 Å². The predicted molar refractivity (Wildman–Crippen MR) is 80.6 cm³/mol. The summed E-state index contributed by atoms with van der Waals surface area (Å²) in [5.41, 5.74) is 0.0510. The summed E-state index contributed by atoms with van der Waals surface area (Å²) in [7, 11) is 0. The normalized spacial score (nSPS) is 15.1. The summed E-state index contributed by atoms with van der Waals surface area (Å²) in [4.78, 5) is 23.7. The highest BCUT2D eigenvalue weighted by Crippen LogP contribution is 2.30. The molecule has 5 heteroatoms. The number of hydrogen-bond acceptors (Lipinski definition) is 2. The molecule has 1 aromatic carbocycles. The van der Waals surface area contributed by atoms with Crippen LogP contribution < -0.4 is 5.43 Å². The summed E-state index contributed by atoms with van der Waals surface area (Å²) in [6.07, 6.45) is 7.28. The Hall–Kier alpha value is -2.43. The van der Waals surface area contributed by atoms with Gasteiger partial charge in [-0.15, -0.1) is 0 Å². The lowest BCUT2D eigenvalue weighted by atomic mass is 10.0. The topological polar surface area (TPSA) is 59.3 Å². The molecular weight excluding hydrogens is 285 g/mol. The van der Waals surface area contributed by atoms with E-state index in [0.29, 0.717) is 11.1 Å². The van der Waals surface area contributed by atoms with Crippen LogP contribution in [-0.4, -0.2) is 15.6 Å². The van der Waals surface area contributed by atoms with Gasteiger partial charge in [-0.1, -0.05) is 25.0 Å². The highest BCUT2D eigenvalue weighted by molar-refractivity contribution is 5.88. The van der Waals surface area contributed by atoms with Gasteiger partial charge in [0.25, 0.3) is 0 Å². The van der Waals surface area contributed by atoms with E-state index >= 15 is 0 Å². The molecule has 0 saturated heterocycles. The fraction of sp³-hybridized carbons (Fsp3) is 0.294. The highest BCUT2D eigenvalue weighted by Gasteiger charge is 2.21. The molecule has 1 aliphatic rings. The number of halogens is 1. The minimum atomic E-state index is -1.24. The SMILES string of the molecule is O=C(O)c1cn(C2CCCC2)cc(-c2ccc(F)cc2)c1=O. The van der Waals surface area contributed by atoms with Gasteiger partial charge in [0.15, 0.2) is 0 Å². The molecule has 22 heavy (non-hydrogen) atoms. The summed E-state index contributed by atoms with van der Waals surface area (Å²) in [6.45, 7) is 0. The van der Waals surface area contributed by atoms with Crippen molar-refractivity contribution in [3.63, 3.8) is 0 Å². The molecule has 1 aromatic heterocycles. The van der Waals surface area contributed by atoms with Crippen LogP contribution in [0.3, 0.4) is 0 Å². The average molecular weight is 301 g/mol. The third-order valence-corrected chi connectivity index (χ3v) is 4.18. The Labute approximate surface area is 126 Å². The maximum Gasteiger partial charge on any atom is 0.341 e. The van der Waals surface area contributed by atoms with Crippen molar-refractivity contribution in [2.45, 2.75) is 31.7 Å². The van der Waals surface area contributed by atoms with E-state index in [1.165, 1.54) is 30.5 Å². The average Bonchev–Trinajstić information content (AvgIpc) is 3.02. The van der Waals surface area contributed by atoms with Crippen molar-refractivity contribution in [2.24, 2.45) is 0 Å². The lowest BCUT2D eigenvalue weighted by Gasteiger charge is -2.17. The number of aromatic nitrogens is 1. The van der Waals surface area contributed by atoms with E-state index in [4.69, 9.17) is 0 Å². The van der Waals surface area contributed by atoms with E-state index in [2.05, 4.69) is 0 Å². The second kappa shape index (κ2) is 5.75. The highest BCUT2D eigenvalue weighted by atomic mass is 19.1. The molecule has 1 saturated carbocycles. The van der Waals surface area contributed by atoms with E-state index in [1.54, 1.807) is 6.20 Å². The van der Waals surface area contributed by atoms with Gasteiger partial charge in [-0.2, -0.15) is 0 Å². The Morgan fingerprint density at radius 2 is 1.77 bits per heavy atom. The minimum Gasteiger partial charge on any atom is -0.477 e. The fourth-order valence-electron chi connectivity index (χ4n) is 3.00. The molecule has 0 aliphatic heterocycles. The number of nitrogens with zero attached hydrogens (tertiary/aromatic N) is 1. The first-order valence-electron chi connectivity index (χ1n) is 7.31. The van der Waals surface area contributed by atoms with Gasteiger partial charge in [-0.25, -0.2) is 9.18 Å². The van der Waals surface area contributed by atoms with Crippen molar-refractivity contribution in [1.29, 1.82) is 0 Å². The van der Waals surface area contributed by atoms with Gasteiger partial charge in [0.05, 0.1) is 0 Å². The quantitative estimate of drug-likeness (QED) is 0.944. The first-order chi connectivity index (χ1) is 10.6. The van der Waals surface area contributed by atoms with E-state index in [-0.39, 0.29) is 11.6 Å². The third kappa shape index (κ3) is 2.66. The molecule has 0 amide bonds. The van der Waals surface area contributed by atoms with Gasteiger partial charge in [0.1, 0.15) is 11.4 Å². The fourth-order valence-corrected chi connectivity index (χ4v) is 3.00. The van der Waals surface area contributed by atoms with Gasteiger partial charge in [-0.05, 0) is 30.5 Å². The van der Waals surface area contributed by atoms with Crippen LogP contribution in [-0.2, 0) is 0 Å². The number of carbonyl (C=O) groups is 1. The molecule has 0 spiro atoms. The number of aromatic carboxylic acids is 1. The molecule has 1 N–H and O–H groups in total. The van der Waals surface area contributed by atoms with Crippen LogP contribution in [0, 0.1) is 5.82 Å². The smallest absolute Gasteiger partial charge is 0.341 e. The van der Waals surface area contributed by atoms with Crippen LogP contribution in [0.5, 0.6) is 0 Å². The van der Waals surface area contributed by atoms with Gasteiger partial charge >= 0.3 is 5.97 Å². The summed E-state index contributed by atoms with van der Waals surface area (Å²) < 4.78 is 14.9. The molecule has 1 fully saturated rings. The first-order valence-corrected chi connectivity index (χ1v) is 7.31. The van der Waals surface area contributed by atoms with Gasteiger partial charge in [0.2, 0.25) is 5.43 Å². The Morgan fingerprint density at radius 1 is 1.14 bits per heavy atom. The molecule has 0 unspecified atom stereocenters. The molecule has 2 aromatic rings. The van der Waals surface area contributed by atoms with Crippen molar-refractivity contribution >= 4 is 5.97 Å². The van der Waals surface area contributed by atoms with E-state index in [9.17, 15) is 19.1 Å². The van der Waals surface area contributed by atoms with Crippen LogP contribution in [0.1, 0.15) is 42.1 Å². The van der Waals surface area contributed by atoms with Crippen molar-refractivity contribution in [2.75, 3.05) is 0 Å². The zero-order valence-electron chi connectivity index (χ0n) is 12.0. The molecule has 0 radical (unpaired) electrons. The zero-order chi connectivity index (χ0) is 15.7. The summed E-state index contributed by atoms with van der Waals surface area (Å²) in [6, 6.07) is 5.75. The number of rotatable bonds is 3. The zero-order valence-corrected chi connectivity index (χ0v) is 12.0. The largest absolute Gasteiger partial charge is 0.477 e. The number of pyridine rings is 1.